The molecule has 0 radical (unpaired) electrons. The van der Waals surface area contributed by atoms with E-state index in [9.17, 15) is 29.4 Å². The van der Waals surface area contributed by atoms with Crippen LogP contribution in [-0.4, -0.2) is 104 Å². The zero-order valence-corrected chi connectivity index (χ0v) is 30.0. The summed E-state index contributed by atoms with van der Waals surface area (Å²) in [6, 6.07) is 6.66. The maximum atomic E-state index is 12.9. The lowest BCUT2D eigenvalue weighted by Crippen LogP contribution is -2.45. The molecule has 1 fully saturated rings. The normalized spacial score (nSPS) is 15.6. The number of ether oxygens (including phenoxy) is 4. The number of carboxylic acids is 2. The monoisotopic (exact) mass is 697 g/mol. The number of hydrogen-bond donors (Lipinski definition) is 3. The third kappa shape index (κ3) is 11.8. The number of aliphatic carboxylic acids is 2. The van der Waals surface area contributed by atoms with E-state index in [-0.39, 0.29) is 17.9 Å². The lowest BCUT2D eigenvalue weighted by atomic mass is 10.0. The van der Waals surface area contributed by atoms with Crippen LogP contribution in [0.15, 0.2) is 35.9 Å². The minimum absolute atomic E-state index is 0.150. The smallest absolute Gasteiger partial charge is 0.333 e. The largest absolute Gasteiger partial charge is 0.493 e. The van der Waals surface area contributed by atoms with Gasteiger partial charge in [0.2, 0.25) is 11.7 Å². The number of carbonyl (C=O) groups excluding carboxylic acids is 2. The first-order valence-corrected chi connectivity index (χ1v) is 16.9. The van der Waals surface area contributed by atoms with E-state index < -0.39 is 23.9 Å². The molecule has 1 atom stereocenters. The molecule has 3 rings (SSSR count). The van der Waals surface area contributed by atoms with E-state index >= 15 is 0 Å². The number of aryl methyl sites for hydroxylation is 3. The van der Waals surface area contributed by atoms with Gasteiger partial charge in [-0.3, -0.25) is 14.5 Å². The molecule has 1 saturated heterocycles. The first kappa shape index (κ1) is 39.8. The van der Waals surface area contributed by atoms with Crippen molar-refractivity contribution in [1.29, 1.82) is 0 Å². The van der Waals surface area contributed by atoms with Crippen LogP contribution in [0, 0.1) is 13.8 Å². The fourth-order valence-corrected chi connectivity index (χ4v) is 6.42. The summed E-state index contributed by atoms with van der Waals surface area (Å²) in [7, 11) is 4.73. The molecule has 3 N–H and O–H groups in total. The topological polar surface area (TPSA) is 164 Å². The van der Waals surface area contributed by atoms with E-state index in [1.807, 2.05) is 26.0 Å². The van der Waals surface area contributed by atoms with E-state index in [4.69, 9.17) is 18.9 Å². The highest BCUT2D eigenvalue weighted by Gasteiger charge is 2.31. The van der Waals surface area contributed by atoms with Crippen molar-refractivity contribution in [2.75, 3.05) is 59.4 Å². The Labute approximate surface area is 294 Å². The molecular formula is C37H51N3O10. The number of carboxylic acid groups (broad SMARTS) is 2. The summed E-state index contributed by atoms with van der Waals surface area (Å²) in [5.74, 6) is -0.967. The van der Waals surface area contributed by atoms with Crippen molar-refractivity contribution in [2.24, 2.45) is 0 Å². The van der Waals surface area contributed by atoms with Gasteiger partial charge in [0.05, 0.1) is 32.9 Å². The van der Waals surface area contributed by atoms with Crippen LogP contribution >= 0.6 is 0 Å². The highest BCUT2D eigenvalue weighted by atomic mass is 16.5. The summed E-state index contributed by atoms with van der Waals surface area (Å²) in [4.78, 5) is 52.4. The van der Waals surface area contributed by atoms with Crippen LogP contribution in [0.1, 0.15) is 62.1 Å². The van der Waals surface area contributed by atoms with Crippen LogP contribution in [0.2, 0.25) is 0 Å². The maximum Gasteiger partial charge on any atom is 0.333 e. The number of nitrogens with one attached hydrogen (secondary N) is 1. The Morgan fingerprint density at radius 3 is 2.10 bits per heavy atom. The first-order chi connectivity index (χ1) is 23.9. The standard InChI is InChI=1S/C37H51N3O10/c1-24-18-28(50-26(3)41)19-25(2)35(24)38-33(42)13-10-14-39-15-11-17-40(30(23-39)29(37(45)46)22-34(43)44)16-9-7-8-12-27-20-31(47-4)36(49-6)32(21-27)48-5/h18-22,30H,7-17,23H2,1-6H3,(H,38,42)(H,43,44)(H,45,46). The number of anilines is 1. The molecule has 0 aliphatic carbocycles. The van der Waals surface area contributed by atoms with Crippen molar-refractivity contribution in [3.8, 4) is 23.0 Å². The third-order valence-electron chi connectivity index (χ3n) is 8.72. The van der Waals surface area contributed by atoms with E-state index in [1.54, 1.807) is 33.5 Å². The van der Waals surface area contributed by atoms with Gasteiger partial charge in [0.1, 0.15) is 5.75 Å². The Balaban J connectivity index is 1.60. The average Bonchev–Trinajstić information content (AvgIpc) is 3.25. The Morgan fingerprint density at radius 1 is 0.880 bits per heavy atom. The van der Waals surface area contributed by atoms with Gasteiger partial charge < -0.3 is 39.4 Å². The van der Waals surface area contributed by atoms with Crippen LogP contribution in [0.4, 0.5) is 5.69 Å². The van der Waals surface area contributed by atoms with Crippen molar-refractivity contribution in [1.82, 2.24) is 9.80 Å². The van der Waals surface area contributed by atoms with Crippen molar-refractivity contribution in [3.05, 3.63) is 52.6 Å². The van der Waals surface area contributed by atoms with Crippen LogP contribution < -0.4 is 24.3 Å². The van der Waals surface area contributed by atoms with Crippen LogP contribution in [0.25, 0.3) is 0 Å². The van der Waals surface area contributed by atoms with Crippen LogP contribution in [0.3, 0.4) is 0 Å². The molecular weight excluding hydrogens is 646 g/mol. The number of benzene rings is 2. The van der Waals surface area contributed by atoms with Crippen molar-refractivity contribution >= 4 is 29.5 Å². The minimum Gasteiger partial charge on any atom is -0.493 e. The molecule has 274 valence electrons. The Kier molecular flexibility index (Phi) is 15.6. The number of unbranched alkanes of at least 4 members (excludes halogenated alkanes) is 2. The number of hydrogen-bond acceptors (Lipinski definition) is 10. The number of methoxy groups -OCH3 is 3. The number of carbonyl (C=O) groups is 4. The molecule has 0 spiro atoms. The van der Waals surface area contributed by atoms with E-state index in [1.165, 1.54) is 6.92 Å². The molecule has 0 aromatic heterocycles. The fourth-order valence-electron chi connectivity index (χ4n) is 6.42. The predicted molar refractivity (Wildman–Crippen MR) is 189 cm³/mol. The zero-order valence-electron chi connectivity index (χ0n) is 30.0. The second kappa shape index (κ2) is 19.5. The number of rotatable bonds is 18. The van der Waals surface area contributed by atoms with Gasteiger partial charge in [0, 0.05) is 38.2 Å². The van der Waals surface area contributed by atoms with Gasteiger partial charge in [-0.05, 0) is 107 Å². The maximum absolute atomic E-state index is 12.9. The van der Waals surface area contributed by atoms with Gasteiger partial charge in [-0.2, -0.15) is 0 Å². The Hall–Kier alpha value is -4.62. The highest BCUT2D eigenvalue weighted by molar-refractivity contribution is 5.95. The van der Waals surface area contributed by atoms with Gasteiger partial charge in [0.25, 0.3) is 0 Å². The molecule has 0 bridgehead atoms. The molecule has 1 aliphatic heterocycles. The molecule has 50 heavy (non-hydrogen) atoms. The molecule has 1 heterocycles. The summed E-state index contributed by atoms with van der Waals surface area (Å²) in [6.45, 7) is 7.84. The zero-order chi connectivity index (χ0) is 36.8. The van der Waals surface area contributed by atoms with Crippen molar-refractivity contribution < 1.29 is 48.3 Å². The minimum atomic E-state index is -1.30. The number of nitrogens with zero attached hydrogens (tertiary/aromatic N) is 2. The van der Waals surface area contributed by atoms with E-state index in [2.05, 4.69) is 15.1 Å². The summed E-state index contributed by atoms with van der Waals surface area (Å²) in [5, 5.41) is 22.5. The molecule has 1 amide bonds. The number of amides is 1. The second-order valence-electron chi connectivity index (χ2n) is 12.5. The first-order valence-electron chi connectivity index (χ1n) is 16.9. The van der Waals surface area contributed by atoms with Gasteiger partial charge in [-0.25, -0.2) is 9.59 Å². The summed E-state index contributed by atoms with van der Waals surface area (Å²) < 4.78 is 21.5. The predicted octanol–water partition coefficient (Wildman–Crippen LogP) is 4.86. The molecule has 1 unspecified atom stereocenters. The molecule has 0 saturated carbocycles. The van der Waals surface area contributed by atoms with Crippen LogP contribution in [0.5, 0.6) is 23.0 Å². The van der Waals surface area contributed by atoms with E-state index in [0.717, 1.165) is 54.9 Å². The number of esters is 1. The SMILES string of the molecule is COc1cc(CCCCCN2CCCN(CCCC(=O)Nc3c(C)cc(OC(C)=O)cc3C)CC2C(=CC(=O)O)C(=O)O)cc(OC)c1OC. The second-order valence-corrected chi connectivity index (χ2v) is 12.5. The fraction of sp³-hybridized carbons (Fsp3) is 0.514. The molecule has 13 heteroatoms. The van der Waals surface area contributed by atoms with E-state index in [0.29, 0.717) is 67.8 Å². The molecule has 2 aromatic rings. The lowest BCUT2D eigenvalue weighted by molar-refractivity contribution is -0.135. The van der Waals surface area contributed by atoms with Crippen molar-refractivity contribution in [3.63, 3.8) is 0 Å². The summed E-state index contributed by atoms with van der Waals surface area (Å²) >= 11 is 0. The Bertz CT molecular complexity index is 1490. The van der Waals surface area contributed by atoms with Gasteiger partial charge >= 0.3 is 17.9 Å². The van der Waals surface area contributed by atoms with Gasteiger partial charge in [-0.15, -0.1) is 0 Å². The van der Waals surface area contributed by atoms with Gasteiger partial charge in [0.15, 0.2) is 11.5 Å². The third-order valence-corrected chi connectivity index (χ3v) is 8.72. The quantitative estimate of drug-likeness (QED) is 0.0841. The highest BCUT2D eigenvalue weighted by Crippen LogP contribution is 2.38. The van der Waals surface area contributed by atoms with Gasteiger partial charge in [-0.1, -0.05) is 6.42 Å². The average molecular weight is 698 g/mol. The molecule has 13 nitrogen and oxygen atoms in total. The lowest BCUT2D eigenvalue weighted by Gasteiger charge is -2.32. The summed E-state index contributed by atoms with van der Waals surface area (Å²) in [6.07, 6.45) is 5.74. The molecule has 1 aliphatic rings. The Morgan fingerprint density at radius 2 is 1.54 bits per heavy atom. The van der Waals surface area contributed by atoms with Crippen molar-refractivity contribution in [2.45, 2.75) is 71.8 Å². The molecule has 2 aromatic carbocycles. The van der Waals surface area contributed by atoms with Crippen LogP contribution in [-0.2, 0) is 25.6 Å². The summed E-state index contributed by atoms with van der Waals surface area (Å²) in [5.41, 5.74) is 3.12.